The lowest BCUT2D eigenvalue weighted by atomic mass is 10.3. The van der Waals surface area contributed by atoms with Crippen molar-refractivity contribution in [2.75, 3.05) is 23.8 Å². The van der Waals surface area contributed by atoms with E-state index in [0.29, 0.717) is 13.2 Å². The molecule has 7 nitrogen and oxygen atoms in total. The van der Waals surface area contributed by atoms with Crippen LogP contribution in [-0.4, -0.2) is 29.1 Å². The normalized spacial score (nSPS) is 13.1. The van der Waals surface area contributed by atoms with Crippen molar-refractivity contribution < 1.29 is 14.3 Å². The van der Waals surface area contributed by atoms with E-state index in [4.69, 9.17) is 9.47 Å². The molecule has 1 aliphatic rings. The van der Waals surface area contributed by atoms with E-state index in [-0.39, 0.29) is 5.91 Å². The van der Waals surface area contributed by atoms with E-state index in [0.717, 1.165) is 47.9 Å². The maximum atomic E-state index is 11.2. The number of carbonyl (C=O) groups is 1. The molecule has 5 rings (SSSR count). The zero-order valence-corrected chi connectivity index (χ0v) is 15.9. The molecule has 3 heterocycles. The highest BCUT2D eigenvalue weighted by Crippen LogP contribution is 2.39. The zero-order chi connectivity index (χ0) is 18.4. The van der Waals surface area contributed by atoms with Crippen molar-refractivity contribution >= 4 is 65.0 Å². The van der Waals surface area contributed by atoms with Crippen LogP contribution in [0.25, 0.3) is 20.4 Å². The molecule has 0 atom stereocenters. The fraction of sp³-hybridized carbons (Fsp3) is 0.167. The summed E-state index contributed by atoms with van der Waals surface area (Å²) in [5.41, 5.74) is 2.49. The van der Waals surface area contributed by atoms with Gasteiger partial charge in [-0.3, -0.25) is 4.79 Å². The molecule has 9 heteroatoms. The first-order chi connectivity index (χ1) is 13.1. The summed E-state index contributed by atoms with van der Waals surface area (Å²) in [7, 11) is 0. The summed E-state index contributed by atoms with van der Waals surface area (Å²) >= 11 is 3.05. The molecule has 1 aliphatic heterocycles. The highest BCUT2D eigenvalue weighted by atomic mass is 32.1. The van der Waals surface area contributed by atoms with Crippen LogP contribution >= 0.6 is 22.7 Å². The van der Waals surface area contributed by atoms with Crippen LogP contribution in [0.5, 0.6) is 11.5 Å². The number of amides is 1. The molecule has 2 aromatic carbocycles. The van der Waals surface area contributed by atoms with Gasteiger partial charge in [-0.05, 0) is 18.2 Å². The van der Waals surface area contributed by atoms with Gasteiger partial charge in [0.05, 0.1) is 20.4 Å². The summed E-state index contributed by atoms with van der Waals surface area (Å²) in [4.78, 5) is 20.4. The van der Waals surface area contributed by atoms with E-state index in [2.05, 4.69) is 20.6 Å². The molecular formula is C18H14N4O3S2. The van der Waals surface area contributed by atoms with Crippen LogP contribution in [0.2, 0.25) is 0 Å². The van der Waals surface area contributed by atoms with Crippen molar-refractivity contribution in [2.24, 2.45) is 0 Å². The Kier molecular flexibility index (Phi) is 3.83. The maximum absolute atomic E-state index is 11.2. The van der Waals surface area contributed by atoms with Crippen molar-refractivity contribution in [3.05, 3.63) is 30.3 Å². The quantitative estimate of drug-likeness (QED) is 0.533. The molecule has 0 fully saturated rings. The summed E-state index contributed by atoms with van der Waals surface area (Å²) < 4.78 is 13.3. The van der Waals surface area contributed by atoms with E-state index in [1.54, 1.807) is 0 Å². The number of carbonyl (C=O) groups excluding carboxylic acids is 1. The van der Waals surface area contributed by atoms with Gasteiger partial charge in [-0.15, -0.1) is 0 Å². The summed E-state index contributed by atoms with van der Waals surface area (Å²) in [5, 5.41) is 7.57. The topological polar surface area (TPSA) is 85.4 Å². The first-order valence-corrected chi connectivity index (χ1v) is 9.93. The van der Waals surface area contributed by atoms with Crippen LogP contribution in [0.15, 0.2) is 30.3 Å². The molecule has 4 aromatic rings. The number of benzene rings is 2. The molecule has 2 N–H and O–H groups in total. The van der Waals surface area contributed by atoms with Crippen molar-refractivity contribution in [3.8, 4) is 11.5 Å². The molecule has 0 aliphatic carbocycles. The number of nitrogens with one attached hydrogen (secondary N) is 2. The first kappa shape index (κ1) is 16.3. The minimum absolute atomic E-state index is 0.0951. The Morgan fingerprint density at radius 3 is 2.37 bits per heavy atom. The number of hydrogen-bond donors (Lipinski definition) is 2. The number of anilines is 3. The standard InChI is InChI=1S/C18H14N4O3S2/c1-9(23)19-10-2-3-11-15(6-10)26-17(20-11)22-18-21-12-7-13-14(8-16(12)27-18)25-5-4-24-13/h2-3,6-8H,4-5H2,1H3,(H,19,23)(H,20,21,22). The third kappa shape index (κ3) is 3.15. The highest BCUT2D eigenvalue weighted by Gasteiger charge is 2.16. The van der Waals surface area contributed by atoms with Gasteiger partial charge < -0.3 is 20.1 Å². The van der Waals surface area contributed by atoms with Gasteiger partial charge in [-0.2, -0.15) is 0 Å². The van der Waals surface area contributed by atoms with Gasteiger partial charge in [0.1, 0.15) is 13.2 Å². The SMILES string of the molecule is CC(=O)Nc1ccc2nc(Nc3nc4cc5c(cc4s3)OCCO5)sc2c1. The third-order valence-electron chi connectivity index (χ3n) is 3.98. The van der Waals surface area contributed by atoms with Crippen LogP contribution in [0.1, 0.15) is 6.92 Å². The Bertz CT molecular complexity index is 1140. The molecule has 2 aromatic heterocycles. The largest absolute Gasteiger partial charge is 0.486 e. The third-order valence-corrected chi connectivity index (χ3v) is 5.84. The lowest BCUT2D eigenvalue weighted by Crippen LogP contribution is -2.15. The van der Waals surface area contributed by atoms with Gasteiger partial charge in [-0.25, -0.2) is 9.97 Å². The van der Waals surface area contributed by atoms with Crippen molar-refractivity contribution in [3.63, 3.8) is 0 Å². The van der Waals surface area contributed by atoms with E-state index >= 15 is 0 Å². The molecule has 0 unspecified atom stereocenters. The number of rotatable bonds is 3. The Labute approximate surface area is 162 Å². The number of hydrogen-bond acceptors (Lipinski definition) is 8. The van der Waals surface area contributed by atoms with Gasteiger partial charge >= 0.3 is 0 Å². The maximum Gasteiger partial charge on any atom is 0.221 e. The smallest absolute Gasteiger partial charge is 0.221 e. The predicted molar refractivity (Wildman–Crippen MR) is 108 cm³/mol. The summed E-state index contributed by atoms with van der Waals surface area (Å²) in [6.45, 7) is 2.61. The van der Waals surface area contributed by atoms with Gasteiger partial charge in [0, 0.05) is 24.7 Å². The van der Waals surface area contributed by atoms with Gasteiger partial charge in [0.2, 0.25) is 5.91 Å². The number of nitrogens with zero attached hydrogens (tertiary/aromatic N) is 2. The predicted octanol–water partition coefficient (Wildman–Crippen LogP) is 4.38. The van der Waals surface area contributed by atoms with Crippen LogP contribution in [-0.2, 0) is 4.79 Å². The molecule has 0 saturated carbocycles. The second-order valence-electron chi connectivity index (χ2n) is 5.99. The second kappa shape index (κ2) is 6.36. The van der Waals surface area contributed by atoms with Crippen molar-refractivity contribution in [2.45, 2.75) is 6.92 Å². The molecular weight excluding hydrogens is 384 g/mol. The molecule has 136 valence electrons. The minimum atomic E-state index is -0.0951. The molecule has 0 spiro atoms. The molecule has 0 radical (unpaired) electrons. The fourth-order valence-electron chi connectivity index (χ4n) is 2.87. The monoisotopic (exact) mass is 398 g/mol. The summed E-state index contributed by atoms with van der Waals surface area (Å²) in [6.07, 6.45) is 0. The average molecular weight is 398 g/mol. The number of ether oxygens (including phenoxy) is 2. The Hall–Kier alpha value is -2.91. The van der Waals surface area contributed by atoms with Crippen molar-refractivity contribution in [1.29, 1.82) is 0 Å². The van der Waals surface area contributed by atoms with Crippen LogP contribution in [0, 0.1) is 0 Å². The van der Waals surface area contributed by atoms with Crippen LogP contribution in [0.3, 0.4) is 0 Å². The number of fused-ring (bicyclic) bond motifs is 3. The molecule has 27 heavy (non-hydrogen) atoms. The van der Waals surface area contributed by atoms with Crippen LogP contribution in [0.4, 0.5) is 16.0 Å². The second-order valence-corrected chi connectivity index (χ2v) is 8.05. The highest BCUT2D eigenvalue weighted by molar-refractivity contribution is 7.24. The van der Waals surface area contributed by atoms with Crippen molar-refractivity contribution in [1.82, 2.24) is 9.97 Å². The Morgan fingerprint density at radius 2 is 1.63 bits per heavy atom. The van der Waals surface area contributed by atoms with E-state index < -0.39 is 0 Å². The zero-order valence-electron chi connectivity index (χ0n) is 14.2. The van der Waals surface area contributed by atoms with Gasteiger partial charge in [0.15, 0.2) is 21.8 Å². The average Bonchev–Trinajstić information content (AvgIpc) is 3.21. The minimum Gasteiger partial charge on any atom is -0.486 e. The first-order valence-electron chi connectivity index (χ1n) is 8.29. The van der Waals surface area contributed by atoms with Gasteiger partial charge in [-0.1, -0.05) is 22.7 Å². The molecule has 0 bridgehead atoms. The summed E-state index contributed by atoms with van der Waals surface area (Å²) in [6, 6.07) is 9.52. The summed E-state index contributed by atoms with van der Waals surface area (Å²) in [5.74, 6) is 1.40. The van der Waals surface area contributed by atoms with E-state index in [1.807, 2.05) is 30.3 Å². The number of aromatic nitrogens is 2. The molecule has 0 saturated heterocycles. The van der Waals surface area contributed by atoms with E-state index in [9.17, 15) is 4.79 Å². The molecule has 1 amide bonds. The fourth-order valence-corrected chi connectivity index (χ4v) is 4.71. The lowest BCUT2D eigenvalue weighted by Gasteiger charge is -2.17. The van der Waals surface area contributed by atoms with Crippen LogP contribution < -0.4 is 20.1 Å². The number of thiazole rings is 2. The lowest BCUT2D eigenvalue weighted by molar-refractivity contribution is -0.114. The Balaban J connectivity index is 1.44. The Morgan fingerprint density at radius 1 is 0.963 bits per heavy atom. The van der Waals surface area contributed by atoms with Gasteiger partial charge in [0.25, 0.3) is 0 Å². The van der Waals surface area contributed by atoms with E-state index in [1.165, 1.54) is 29.6 Å².